The van der Waals surface area contributed by atoms with Crippen molar-refractivity contribution >= 4 is 16.9 Å². The van der Waals surface area contributed by atoms with Crippen LogP contribution in [0.15, 0.2) is 43.0 Å². The van der Waals surface area contributed by atoms with E-state index in [0.717, 1.165) is 47.7 Å². The maximum atomic E-state index is 9.60. The molecule has 3 aromatic rings. The number of nitriles is 1. The molecular formula is C22H22N8. The number of fused-ring (bicyclic) bond motifs is 3. The zero-order chi connectivity index (χ0) is 20.2. The van der Waals surface area contributed by atoms with Crippen LogP contribution in [0.3, 0.4) is 0 Å². The Balaban J connectivity index is 1.44. The van der Waals surface area contributed by atoms with Crippen LogP contribution >= 0.6 is 0 Å². The average Bonchev–Trinajstić information content (AvgIpc) is 3.40. The minimum Gasteiger partial charge on any atom is -0.348 e. The Labute approximate surface area is 174 Å². The first-order chi connectivity index (χ1) is 14.7. The first-order valence-corrected chi connectivity index (χ1v) is 10.3. The van der Waals surface area contributed by atoms with Crippen LogP contribution in [0.1, 0.15) is 17.5 Å². The predicted octanol–water partition coefficient (Wildman–Crippen LogP) is 1.61. The van der Waals surface area contributed by atoms with E-state index in [4.69, 9.17) is 4.98 Å². The van der Waals surface area contributed by atoms with Gasteiger partial charge in [0, 0.05) is 68.5 Å². The smallest absolute Gasteiger partial charge is 0.129 e. The van der Waals surface area contributed by atoms with Crippen LogP contribution in [0, 0.1) is 11.3 Å². The Morgan fingerprint density at radius 2 is 2.03 bits per heavy atom. The third-order valence-corrected chi connectivity index (χ3v) is 6.39. The largest absolute Gasteiger partial charge is 0.348 e. The predicted molar refractivity (Wildman–Crippen MR) is 114 cm³/mol. The fraction of sp³-hybridized carbons (Fsp3) is 0.318. The summed E-state index contributed by atoms with van der Waals surface area (Å²) in [4.78, 5) is 7.22. The van der Waals surface area contributed by atoms with E-state index in [2.05, 4.69) is 51.2 Å². The number of piperidine rings is 1. The highest BCUT2D eigenvalue weighted by Gasteiger charge is 2.41. The van der Waals surface area contributed by atoms with Gasteiger partial charge in [-0.25, -0.2) is 14.9 Å². The molecule has 0 aliphatic carbocycles. The first-order valence-electron chi connectivity index (χ1n) is 10.3. The van der Waals surface area contributed by atoms with Gasteiger partial charge in [0.25, 0.3) is 0 Å². The van der Waals surface area contributed by atoms with E-state index in [1.54, 1.807) is 6.20 Å². The molecule has 0 aromatic carbocycles. The summed E-state index contributed by atoms with van der Waals surface area (Å²) in [6, 6.07) is 9.75. The fourth-order valence-electron chi connectivity index (χ4n) is 4.86. The maximum absolute atomic E-state index is 9.60. The van der Waals surface area contributed by atoms with Crippen molar-refractivity contribution < 1.29 is 0 Å². The number of aromatic nitrogens is 3. The van der Waals surface area contributed by atoms with Crippen molar-refractivity contribution in [2.24, 2.45) is 0 Å². The third kappa shape index (κ3) is 2.60. The van der Waals surface area contributed by atoms with Crippen molar-refractivity contribution in [3.8, 4) is 17.2 Å². The SMILES string of the molecule is CN1C=C(c2cc(-c3ccc(N4C5CNCC4C5)nc3)c3c(C#N)cnn3c2)CN1. The molecule has 0 radical (unpaired) electrons. The van der Waals surface area contributed by atoms with Gasteiger partial charge in [0.1, 0.15) is 11.9 Å². The summed E-state index contributed by atoms with van der Waals surface area (Å²) < 4.78 is 1.81. The van der Waals surface area contributed by atoms with E-state index >= 15 is 0 Å². The van der Waals surface area contributed by atoms with Gasteiger partial charge in [0.2, 0.25) is 0 Å². The fourth-order valence-corrected chi connectivity index (χ4v) is 4.86. The Bertz CT molecular complexity index is 1190. The molecule has 0 saturated carbocycles. The lowest BCUT2D eigenvalue weighted by Gasteiger charge is -2.53. The Hall–Kier alpha value is -3.41. The summed E-state index contributed by atoms with van der Waals surface area (Å²) in [6.07, 6.45) is 8.88. The van der Waals surface area contributed by atoms with Gasteiger partial charge in [-0.05, 0) is 35.8 Å². The lowest BCUT2D eigenvalue weighted by Crippen LogP contribution is -2.68. The number of nitrogens with one attached hydrogen (secondary N) is 2. The molecule has 0 spiro atoms. The quantitative estimate of drug-likeness (QED) is 0.693. The van der Waals surface area contributed by atoms with Crippen molar-refractivity contribution in [2.45, 2.75) is 18.5 Å². The lowest BCUT2D eigenvalue weighted by atomic mass is 9.89. The number of piperazine rings is 1. The van der Waals surface area contributed by atoms with E-state index in [9.17, 15) is 5.26 Å². The van der Waals surface area contributed by atoms with Gasteiger partial charge < -0.3 is 15.2 Å². The second-order valence-corrected chi connectivity index (χ2v) is 8.22. The van der Waals surface area contributed by atoms with Crippen LogP contribution in [-0.2, 0) is 0 Å². The number of pyridine rings is 2. The summed E-state index contributed by atoms with van der Waals surface area (Å²) in [5, 5.41) is 19.5. The van der Waals surface area contributed by atoms with Gasteiger partial charge in [-0.3, -0.25) is 0 Å². The van der Waals surface area contributed by atoms with E-state index < -0.39 is 0 Å². The lowest BCUT2D eigenvalue weighted by molar-refractivity contribution is 0.260. The first kappa shape index (κ1) is 17.4. The van der Waals surface area contributed by atoms with Crippen molar-refractivity contribution in [1.82, 2.24) is 30.3 Å². The molecule has 3 aliphatic heterocycles. The number of rotatable bonds is 3. The highest BCUT2D eigenvalue weighted by atomic mass is 15.5. The number of hydrogen-bond acceptors (Lipinski definition) is 7. The number of hydrogen-bond donors (Lipinski definition) is 2. The maximum Gasteiger partial charge on any atom is 0.129 e. The molecule has 2 fully saturated rings. The van der Waals surface area contributed by atoms with E-state index in [1.807, 2.05) is 29.0 Å². The minimum atomic E-state index is 0.552. The zero-order valence-electron chi connectivity index (χ0n) is 16.7. The van der Waals surface area contributed by atoms with Crippen LogP contribution in [0.4, 0.5) is 5.82 Å². The minimum absolute atomic E-state index is 0.552. The van der Waals surface area contributed by atoms with Crippen LogP contribution in [0.5, 0.6) is 0 Å². The normalized spacial score (nSPS) is 22.7. The zero-order valence-corrected chi connectivity index (χ0v) is 16.7. The molecule has 0 amide bonds. The monoisotopic (exact) mass is 398 g/mol. The molecule has 6 rings (SSSR count). The van der Waals surface area contributed by atoms with Crippen LogP contribution < -0.4 is 15.6 Å². The molecule has 2 saturated heterocycles. The molecule has 3 aliphatic rings. The molecule has 2 atom stereocenters. The molecule has 3 aromatic heterocycles. The topological polar surface area (TPSA) is 84.5 Å². The van der Waals surface area contributed by atoms with Crippen molar-refractivity contribution in [1.29, 1.82) is 5.26 Å². The summed E-state index contributed by atoms with van der Waals surface area (Å²) >= 11 is 0. The molecule has 8 nitrogen and oxygen atoms in total. The highest BCUT2D eigenvalue weighted by Crippen LogP contribution is 2.35. The van der Waals surface area contributed by atoms with E-state index in [0.29, 0.717) is 17.6 Å². The van der Waals surface area contributed by atoms with Crippen LogP contribution in [-0.4, -0.2) is 58.4 Å². The van der Waals surface area contributed by atoms with Crippen LogP contribution in [0.25, 0.3) is 22.2 Å². The second-order valence-electron chi connectivity index (χ2n) is 8.22. The Morgan fingerprint density at radius 1 is 1.17 bits per heavy atom. The van der Waals surface area contributed by atoms with Gasteiger partial charge in [-0.1, -0.05) is 0 Å². The molecule has 8 heteroatoms. The van der Waals surface area contributed by atoms with Gasteiger partial charge in [-0.2, -0.15) is 10.4 Å². The molecule has 150 valence electrons. The molecule has 2 unspecified atom stereocenters. The number of hydrazine groups is 1. The molecule has 2 bridgehead atoms. The second kappa shape index (κ2) is 6.55. The van der Waals surface area contributed by atoms with Gasteiger partial charge in [0.05, 0.1) is 17.3 Å². The standard InChI is InChI=1S/C22H22N8/c1-28-12-17(9-26-28)15-4-20(22-16(6-23)8-27-29(22)13-15)14-2-3-21(25-7-14)30-18-5-19(30)11-24-10-18/h2-4,7-8,12-13,18-19,24,26H,5,9-11H2,1H3. The molecular weight excluding hydrogens is 376 g/mol. The Kier molecular flexibility index (Phi) is 3.81. The van der Waals surface area contributed by atoms with Crippen molar-refractivity contribution in [2.75, 3.05) is 31.6 Å². The highest BCUT2D eigenvalue weighted by molar-refractivity contribution is 5.87. The van der Waals surface area contributed by atoms with E-state index in [1.165, 1.54) is 12.0 Å². The summed E-state index contributed by atoms with van der Waals surface area (Å²) in [5.74, 6) is 1.03. The van der Waals surface area contributed by atoms with Crippen molar-refractivity contribution in [3.05, 3.63) is 54.1 Å². The molecule has 2 N–H and O–H groups in total. The van der Waals surface area contributed by atoms with Crippen molar-refractivity contribution in [3.63, 3.8) is 0 Å². The number of anilines is 1. The van der Waals surface area contributed by atoms with Crippen LogP contribution in [0.2, 0.25) is 0 Å². The average molecular weight is 398 g/mol. The number of nitrogens with zero attached hydrogens (tertiary/aromatic N) is 6. The third-order valence-electron chi connectivity index (χ3n) is 6.39. The summed E-state index contributed by atoms with van der Waals surface area (Å²) in [7, 11) is 1.98. The molecule has 6 heterocycles. The van der Waals surface area contributed by atoms with Gasteiger partial charge in [0.15, 0.2) is 0 Å². The van der Waals surface area contributed by atoms with E-state index in [-0.39, 0.29) is 0 Å². The van der Waals surface area contributed by atoms with Gasteiger partial charge in [-0.15, -0.1) is 0 Å². The summed E-state index contributed by atoms with van der Waals surface area (Å²) in [6.45, 7) is 2.82. The molecule has 30 heavy (non-hydrogen) atoms. The van der Waals surface area contributed by atoms with Gasteiger partial charge >= 0.3 is 0 Å². The Morgan fingerprint density at radius 3 is 2.70 bits per heavy atom. The summed E-state index contributed by atoms with van der Waals surface area (Å²) in [5.41, 5.74) is 8.89.